The molecular formula is C16H19ClIN2O3-. The molecular weight excluding hydrogens is 431 g/mol. The van der Waals surface area contributed by atoms with Crippen LogP contribution in [-0.4, -0.2) is 17.5 Å². The Morgan fingerprint density at radius 3 is 2.65 bits per heavy atom. The van der Waals surface area contributed by atoms with Crippen LogP contribution in [0.1, 0.15) is 30.9 Å². The van der Waals surface area contributed by atoms with E-state index in [1.807, 2.05) is 24.3 Å². The third-order valence-electron chi connectivity index (χ3n) is 3.13. The molecule has 0 saturated heterocycles. The van der Waals surface area contributed by atoms with Gasteiger partial charge in [0.05, 0.1) is 0 Å². The van der Waals surface area contributed by atoms with Gasteiger partial charge in [-0.1, -0.05) is 0 Å². The molecule has 1 N–H and O–H groups in total. The van der Waals surface area contributed by atoms with Crippen LogP contribution in [0.3, 0.4) is 0 Å². The molecule has 0 bridgehead atoms. The predicted molar refractivity (Wildman–Crippen MR) is 85.4 cm³/mol. The van der Waals surface area contributed by atoms with Crippen LogP contribution >= 0.6 is 11.6 Å². The van der Waals surface area contributed by atoms with Gasteiger partial charge in [-0.2, -0.15) is 0 Å². The van der Waals surface area contributed by atoms with Crippen molar-refractivity contribution in [3.05, 3.63) is 57.0 Å². The van der Waals surface area contributed by atoms with E-state index in [-0.39, 0.29) is 17.2 Å². The van der Waals surface area contributed by atoms with Crippen LogP contribution in [0.4, 0.5) is 0 Å². The van der Waals surface area contributed by atoms with Gasteiger partial charge in [0.25, 0.3) is 0 Å². The van der Waals surface area contributed by atoms with Crippen LogP contribution in [0.15, 0.2) is 35.3 Å². The Kier molecular flexibility index (Phi) is 7.32. The summed E-state index contributed by atoms with van der Waals surface area (Å²) in [5.74, 6) is 0.304. The van der Waals surface area contributed by atoms with E-state index in [1.165, 1.54) is 9.09 Å². The van der Waals surface area contributed by atoms with Crippen LogP contribution in [-0.2, 0) is 13.2 Å². The number of aliphatic hydroxyl groups is 1. The molecule has 0 aliphatic rings. The number of alkyl halides is 1. The molecule has 0 atom stereocenters. The quantitative estimate of drug-likeness (QED) is 0.339. The van der Waals surface area contributed by atoms with Crippen molar-refractivity contribution in [1.82, 2.24) is 7.99 Å². The summed E-state index contributed by atoms with van der Waals surface area (Å²) in [4.78, 5) is 12.2. The second kappa shape index (κ2) is 9.24. The Balaban J connectivity index is 2.02. The van der Waals surface area contributed by atoms with Gasteiger partial charge in [0.1, 0.15) is 0 Å². The first kappa shape index (κ1) is 18.2. The van der Waals surface area contributed by atoms with Crippen molar-refractivity contribution in [1.29, 1.82) is 0 Å². The van der Waals surface area contributed by atoms with E-state index in [9.17, 15) is 4.79 Å². The van der Waals surface area contributed by atoms with Crippen molar-refractivity contribution in [2.75, 3.05) is 4.43 Å². The fraction of sp³-hybridized carbons (Fsp3) is 0.375. The Hall–Kier alpha value is -1.12. The van der Waals surface area contributed by atoms with Crippen LogP contribution < -0.4 is 31.8 Å². The Morgan fingerprint density at radius 1 is 1.30 bits per heavy atom. The molecule has 7 heteroatoms. The molecule has 5 nitrogen and oxygen atoms in total. The first-order valence-corrected chi connectivity index (χ1v) is 10.2. The van der Waals surface area contributed by atoms with E-state index in [0.717, 1.165) is 28.4 Å². The van der Waals surface area contributed by atoms with Gasteiger partial charge in [0, 0.05) is 0 Å². The van der Waals surface area contributed by atoms with E-state index in [2.05, 4.69) is 12.0 Å². The number of rotatable bonds is 8. The molecule has 23 heavy (non-hydrogen) atoms. The van der Waals surface area contributed by atoms with Crippen molar-refractivity contribution < 1.29 is 31.3 Å². The molecule has 0 amide bonds. The molecule has 1 heterocycles. The number of aromatic nitrogens is 2. The van der Waals surface area contributed by atoms with Gasteiger partial charge in [-0.05, 0) is 0 Å². The summed E-state index contributed by atoms with van der Waals surface area (Å²) in [6, 6.07) is 7.39. The average Bonchev–Trinajstić information content (AvgIpc) is 2.58. The maximum atomic E-state index is 12.2. The predicted octanol–water partition coefficient (Wildman–Crippen LogP) is -0.380. The zero-order chi connectivity index (χ0) is 16.7. The minimum atomic E-state index is -0.462. The van der Waals surface area contributed by atoms with Crippen molar-refractivity contribution in [2.45, 2.75) is 33.0 Å². The summed E-state index contributed by atoms with van der Waals surface area (Å²) in [5, 5.41) is 13.3. The Morgan fingerprint density at radius 2 is 2.00 bits per heavy atom. The van der Waals surface area contributed by atoms with E-state index in [1.54, 1.807) is 0 Å². The standard InChI is InChI=1S/C16H19ClIN2O3/c1-2-3-8-18-20-16(22)15(17)14(9-19-20)23-11-13-6-4-12(10-21)5-7-13/h4-7,9,21H,2-3,8,10-11H2,1H3/q-1. The number of aliphatic hydroxyl groups excluding tert-OH is 1. The van der Waals surface area contributed by atoms with Gasteiger partial charge < -0.3 is 0 Å². The maximum absolute atomic E-state index is 12.2. The number of hydrogen-bond acceptors (Lipinski definition) is 4. The van der Waals surface area contributed by atoms with Gasteiger partial charge >= 0.3 is 151 Å². The molecule has 0 unspecified atom stereocenters. The van der Waals surface area contributed by atoms with Crippen LogP contribution in [0.5, 0.6) is 5.75 Å². The van der Waals surface area contributed by atoms with Gasteiger partial charge in [0.15, 0.2) is 0 Å². The number of halogens is 2. The fourth-order valence-electron chi connectivity index (χ4n) is 1.76. The fourth-order valence-corrected chi connectivity index (χ4v) is 4.50. The van der Waals surface area contributed by atoms with Gasteiger partial charge in [-0.25, -0.2) is 0 Å². The van der Waals surface area contributed by atoms with Gasteiger partial charge in [0.2, 0.25) is 0 Å². The summed E-state index contributed by atoms with van der Waals surface area (Å²) in [6.45, 7) is 2.43. The van der Waals surface area contributed by atoms with Crippen LogP contribution in [0.2, 0.25) is 5.02 Å². The third kappa shape index (κ3) is 5.19. The Bertz CT molecular complexity index is 689. The molecule has 0 radical (unpaired) electrons. The normalized spacial score (nSPS) is 10.9. The molecule has 2 aromatic rings. The van der Waals surface area contributed by atoms with E-state index < -0.39 is 21.5 Å². The molecule has 0 aliphatic heterocycles. The average molecular weight is 450 g/mol. The molecule has 0 fully saturated rings. The topological polar surface area (TPSA) is 64.3 Å². The second-order valence-corrected chi connectivity index (χ2v) is 7.97. The molecule has 2 rings (SSSR count). The van der Waals surface area contributed by atoms with Crippen molar-refractivity contribution in [2.24, 2.45) is 0 Å². The number of ether oxygens (including phenoxy) is 1. The zero-order valence-electron chi connectivity index (χ0n) is 12.8. The minimum absolute atomic E-state index is 0.0101. The van der Waals surface area contributed by atoms with Crippen molar-refractivity contribution in [3.8, 4) is 5.75 Å². The first-order chi connectivity index (χ1) is 11.2. The summed E-state index contributed by atoms with van der Waals surface area (Å²) >= 11 is 5.65. The molecule has 0 saturated carbocycles. The summed E-state index contributed by atoms with van der Waals surface area (Å²) in [5.41, 5.74) is 1.49. The third-order valence-corrected chi connectivity index (χ3v) is 6.06. The van der Waals surface area contributed by atoms with E-state index in [0.29, 0.717) is 12.4 Å². The second-order valence-electron chi connectivity index (χ2n) is 4.91. The van der Waals surface area contributed by atoms with E-state index >= 15 is 0 Å². The monoisotopic (exact) mass is 449 g/mol. The molecule has 0 spiro atoms. The zero-order valence-corrected chi connectivity index (χ0v) is 15.7. The SMILES string of the molecule is CCCC[I-]n1ncc(OCc2ccc(CO)cc2)c(Cl)c1=O. The van der Waals surface area contributed by atoms with Gasteiger partial charge in [-0.3, -0.25) is 0 Å². The van der Waals surface area contributed by atoms with E-state index in [4.69, 9.17) is 21.4 Å². The number of nitrogens with zero attached hydrogens (tertiary/aromatic N) is 2. The summed E-state index contributed by atoms with van der Waals surface area (Å²) in [7, 11) is 0. The van der Waals surface area contributed by atoms with Crippen LogP contribution in [0.25, 0.3) is 0 Å². The Labute approximate surface area is 150 Å². The summed E-state index contributed by atoms with van der Waals surface area (Å²) < 4.78 is 8.10. The molecule has 0 aliphatic carbocycles. The molecule has 126 valence electrons. The van der Waals surface area contributed by atoms with Crippen molar-refractivity contribution >= 4 is 11.6 Å². The summed E-state index contributed by atoms with van der Waals surface area (Å²) in [6.07, 6.45) is 3.72. The van der Waals surface area contributed by atoms with Crippen LogP contribution in [0, 0.1) is 0 Å². The molecule has 1 aromatic heterocycles. The molecule has 1 aromatic carbocycles. The first-order valence-electron chi connectivity index (χ1n) is 7.34. The number of hydrogen-bond donors (Lipinski definition) is 1. The van der Waals surface area contributed by atoms with Gasteiger partial charge in [-0.15, -0.1) is 0 Å². The van der Waals surface area contributed by atoms with Crippen molar-refractivity contribution in [3.63, 3.8) is 0 Å². The number of unbranched alkanes of at least 4 members (excludes halogenated alkanes) is 1. The number of benzene rings is 1.